The maximum atomic E-state index is 12.2. The van der Waals surface area contributed by atoms with E-state index >= 15 is 0 Å². The van der Waals surface area contributed by atoms with Crippen molar-refractivity contribution in [2.75, 3.05) is 26.2 Å². The van der Waals surface area contributed by atoms with Crippen molar-refractivity contribution < 1.29 is 14.0 Å². The second-order valence-electron chi connectivity index (χ2n) is 5.40. The minimum absolute atomic E-state index is 0.0963. The fourth-order valence-corrected chi connectivity index (χ4v) is 2.58. The zero-order valence-corrected chi connectivity index (χ0v) is 12.7. The third-order valence-electron chi connectivity index (χ3n) is 3.89. The lowest BCUT2D eigenvalue weighted by Crippen LogP contribution is -2.50. The van der Waals surface area contributed by atoms with Gasteiger partial charge < -0.3 is 14.2 Å². The van der Waals surface area contributed by atoms with Gasteiger partial charge in [0.05, 0.1) is 6.26 Å². The maximum absolute atomic E-state index is 12.2. The minimum atomic E-state index is -0.122. The van der Waals surface area contributed by atoms with Crippen LogP contribution in [0.4, 0.5) is 0 Å². The minimum Gasteiger partial charge on any atom is -0.459 e. The molecule has 0 aromatic carbocycles. The molecule has 3 rings (SSSR count). The number of hydrogen-bond donors (Lipinski definition) is 0. The van der Waals surface area contributed by atoms with Crippen molar-refractivity contribution >= 4 is 11.8 Å². The molecule has 0 radical (unpaired) electrons. The van der Waals surface area contributed by atoms with Crippen molar-refractivity contribution in [3.8, 4) is 0 Å². The lowest BCUT2D eigenvalue weighted by Gasteiger charge is -2.34. The molecule has 1 aliphatic rings. The molecular weight excluding hydrogens is 296 g/mol. The molecule has 0 N–H and O–H groups in total. The lowest BCUT2D eigenvalue weighted by atomic mass is 10.1. The zero-order valence-electron chi connectivity index (χ0n) is 12.7. The number of furan rings is 1. The second kappa shape index (κ2) is 7.04. The molecular formula is C16H18N4O3. The highest BCUT2D eigenvalue weighted by atomic mass is 16.3. The van der Waals surface area contributed by atoms with Gasteiger partial charge in [-0.05, 0) is 24.1 Å². The average Bonchev–Trinajstić information content (AvgIpc) is 3.15. The molecule has 0 saturated carbocycles. The number of aryl methyl sites for hydroxylation is 1. The smallest absolute Gasteiger partial charge is 0.289 e. The van der Waals surface area contributed by atoms with E-state index in [-0.39, 0.29) is 11.8 Å². The first kappa shape index (κ1) is 15.2. The van der Waals surface area contributed by atoms with E-state index in [1.165, 1.54) is 12.6 Å². The van der Waals surface area contributed by atoms with Gasteiger partial charge in [-0.2, -0.15) is 0 Å². The molecule has 0 bridgehead atoms. The van der Waals surface area contributed by atoms with Crippen LogP contribution in [0, 0.1) is 0 Å². The topological polar surface area (TPSA) is 79.5 Å². The summed E-state index contributed by atoms with van der Waals surface area (Å²) in [5.41, 5.74) is 0.951. The highest BCUT2D eigenvalue weighted by Crippen LogP contribution is 2.11. The second-order valence-corrected chi connectivity index (χ2v) is 5.40. The normalized spacial score (nSPS) is 14.8. The Morgan fingerprint density at radius 1 is 1.09 bits per heavy atom. The Labute approximate surface area is 133 Å². The van der Waals surface area contributed by atoms with Crippen molar-refractivity contribution in [3.63, 3.8) is 0 Å². The van der Waals surface area contributed by atoms with Crippen molar-refractivity contribution in [1.29, 1.82) is 0 Å². The largest absolute Gasteiger partial charge is 0.459 e. The van der Waals surface area contributed by atoms with Crippen molar-refractivity contribution in [2.24, 2.45) is 0 Å². The molecule has 1 fully saturated rings. The van der Waals surface area contributed by atoms with E-state index < -0.39 is 0 Å². The molecule has 7 nitrogen and oxygen atoms in total. The number of aromatic nitrogens is 2. The zero-order chi connectivity index (χ0) is 16.1. The number of carbonyl (C=O) groups excluding carboxylic acids is 2. The summed E-state index contributed by atoms with van der Waals surface area (Å²) in [5.74, 6) is 0.316. The summed E-state index contributed by atoms with van der Waals surface area (Å²) >= 11 is 0. The van der Waals surface area contributed by atoms with Gasteiger partial charge in [0.2, 0.25) is 5.91 Å². The van der Waals surface area contributed by atoms with Crippen LogP contribution in [0.3, 0.4) is 0 Å². The molecule has 2 aromatic rings. The Balaban J connectivity index is 1.47. The van der Waals surface area contributed by atoms with Gasteiger partial charge in [0.15, 0.2) is 5.76 Å². The SMILES string of the molecule is O=C(CCc1cncnc1)N1CCN(C(=O)c2ccco2)CC1. The fourth-order valence-electron chi connectivity index (χ4n) is 2.58. The van der Waals surface area contributed by atoms with Crippen LogP contribution in [-0.4, -0.2) is 57.8 Å². The number of carbonyl (C=O) groups is 2. The Morgan fingerprint density at radius 2 is 1.78 bits per heavy atom. The van der Waals surface area contributed by atoms with Gasteiger partial charge in [-0.15, -0.1) is 0 Å². The van der Waals surface area contributed by atoms with Gasteiger partial charge in [-0.1, -0.05) is 0 Å². The first-order chi connectivity index (χ1) is 11.2. The van der Waals surface area contributed by atoms with Crippen LogP contribution in [0.2, 0.25) is 0 Å². The Bertz CT molecular complexity index is 649. The fraction of sp³-hybridized carbons (Fsp3) is 0.375. The molecule has 0 unspecified atom stereocenters. The maximum Gasteiger partial charge on any atom is 0.289 e. The van der Waals surface area contributed by atoms with Gasteiger partial charge in [-0.3, -0.25) is 9.59 Å². The van der Waals surface area contributed by atoms with E-state index in [9.17, 15) is 9.59 Å². The molecule has 23 heavy (non-hydrogen) atoms. The van der Waals surface area contributed by atoms with Gasteiger partial charge in [-0.25, -0.2) is 9.97 Å². The van der Waals surface area contributed by atoms with E-state index in [1.807, 2.05) is 0 Å². The third-order valence-corrected chi connectivity index (χ3v) is 3.89. The third kappa shape index (κ3) is 3.74. The van der Waals surface area contributed by atoms with Crippen LogP contribution in [0.1, 0.15) is 22.5 Å². The predicted octanol–water partition coefficient (Wildman–Crippen LogP) is 0.987. The molecule has 1 saturated heterocycles. The van der Waals surface area contributed by atoms with Crippen LogP contribution >= 0.6 is 0 Å². The molecule has 3 heterocycles. The number of piperazine rings is 1. The summed E-state index contributed by atoms with van der Waals surface area (Å²) in [5, 5.41) is 0. The van der Waals surface area contributed by atoms with E-state index in [0.29, 0.717) is 44.8 Å². The van der Waals surface area contributed by atoms with E-state index in [1.54, 1.807) is 34.3 Å². The lowest BCUT2D eigenvalue weighted by molar-refractivity contribution is -0.132. The number of rotatable bonds is 4. The van der Waals surface area contributed by atoms with Crippen LogP contribution in [-0.2, 0) is 11.2 Å². The molecule has 0 atom stereocenters. The average molecular weight is 314 g/mol. The first-order valence-corrected chi connectivity index (χ1v) is 7.58. The summed E-state index contributed by atoms with van der Waals surface area (Å²) in [6, 6.07) is 3.35. The summed E-state index contributed by atoms with van der Waals surface area (Å²) < 4.78 is 5.13. The van der Waals surface area contributed by atoms with Gasteiger partial charge >= 0.3 is 0 Å². The number of nitrogens with zero attached hydrogens (tertiary/aromatic N) is 4. The van der Waals surface area contributed by atoms with Crippen LogP contribution in [0.15, 0.2) is 41.5 Å². The highest BCUT2D eigenvalue weighted by Gasteiger charge is 2.25. The predicted molar refractivity (Wildman–Crippen MR) is 81.5 cm³/mol. The number of hydrogen-bond acceptors (Lipinski definition) is 5. The van der Waals surface area contributed by atoms with Crippen LogP contribution in [0.5, 0.6) is 0 Å². The van der Waals surface area contributed by atoms with E-state index in [0.717, 1.165) is 5.56 Å². The Hall–Kier alpha value is -2.70. The van der Waals surface area contributed by atoms with Crippen LogP contribution < -0.4 is 0 Å². The Kier molecular flexibility index (Phi) is 4.65. The van der Waals surface area contributed by atoms with Gasteiger partial charge in [0.25, 0.3) is 5.91 Å². The molecule has 120 valence electrons. The quantitative estimate of drug-likeness (QED) is 0.840. The highest BCUT2D eigenvalue weighted by molar-refractivity contribution is 5.91. The molecule has 0 aliphatic carbocycles. The first-order valence-electron chi connectivity index (χ1n) is 7.58. The summed E-state index contributed by atoms with van der Waals surface area (Å²) in [6.45, 7) is 2.16. The Morgan fingerprint density at radius 3 is 2.43 bits per heavy atom. The van der Waals surface area contributed by atoms with E-state index in [2.05, 4.69) is 9.97 Å². The standard InChI is InChI=1S/C16H18N4O3/c21-15(4-3-13-10-17-12-18-11-13)19-5-7-20(8-6-19)16(22)14-2-1-9-23-14/h1-2,9-12H,3-8H2. The van der Waals surface area contributed by atoms with Crippen molar-refractivity contribution in [2.45, 2.75) is 12.8 Å². The molecule has 2 amide bonds. The molecule has 1 aliphatic heterocycles. The molecule has 0 spiro atoms. The van der Waals surface area contributed by atoms with Gasteiger partial charge in [0.1, 0.15) is 6.33 Å². The summed E-state index contributed by atoms with van der Waals surface area (Å²) in [6.07, 6.45) is 7.46. The van der Waals surface area contributed by atoms with Gasteiger partial charge in [0, 0.05) is 45.0 Å². The van der Waals surface area contributed by atoms with Crippen molar-refractivity contribution in [1.82, 2.24) is 19.8 Å². The summed E-state index contributed by atoms with van der Waals surface area (Å²) in [4.78, 5) is 35.8. The molecule has 2 aromatic heterocycles. The molecule has 7 heteroatoms. The van der Waals surface area contributed by atoms with Crippen LogP contribution in [0.25, 0.3) is 0 Å². The van der Waals surface area contributed by atoms with Crippen molar-refractivity contribution in [3.05, 3.63) is 48.4 Å². The number of amides is 2. The van der Waals surface area contributed by atoms with E-state index in [4.69, 9.17) is 4.42 Å². The summed E-state index contributed by atoms with van der Waals surface area (Å²) in [7, 11) is 0. The monoisotopic (exact) mass is 314 g/mol.